The molecule has 3 aromatic rings. The molecule has 0 aromatic heterocycles. The van der Waals surface area contributed by atoms with Gasteiger partial charge in [0, 0.05) is 51.1 Å². The van der Waals surface area contributed by atoms with E-state index >= 15 is 0 Å². The van der Waals surface area contributed by atoms with Gasteiger partial charge in [0.2, 0.25) is 35.4 Å². The maximum atomic E-state index is 14.1. The number of amides is 6. The molecule has 310 valence electrons. The van der Waals surface area contributed by atoms with Gasteiger partial charge in [0.1, 0.15) is 36.0 Å². The molecule has 0 fully saturated rings. The lowest BCUT2D eigenvalue weighted by atomic mass is 10.0. The first kappa shape index (κ1) is 45.9. The fourth-order valence-electron chi connectivity index (χ4n) is 5.78. The Hall–Kier alpha value is -6.49. The zero-order valence-corrected chi connectivity index (χ0v) is 32.6. The lowest BCUT2D eigenvalue weighted by Gasteiger charge is -2.27. The molecular formula is C40H47ClN6O11. The van der Waals surface area contributed by atoms with Crippen LogP contribution < -0.4 is 31.9 Å². The van der Waals surface area contributed by atoms with Gasteiger partial charge in [0.05, 0.1) is 0 Å². The van der Waals surface area contributed by atoms with Crippen LogP contribution in [0.5, 0.6) is 5.75 Å². The van der Waals surface area contributed by atoms with Crippen LogP contribution in [-0.2, 0) is 57.6 Å². The van der Waals surface area contributed by atoms with E-state index in [1.807, 2.05) is 0 Å². The second kappa shape index (κ2) is 22.9. The zero-order valence-electron chi connectivity index (χ0n) is 31.8. The molecule has 9 N–H and O–H groups in total. The number of halogens is 1. The van der Waals surface area contributed by atoms with Gasteiger partial charge in [-0.2, -0.15) is 0 Å². The molecule has 58 heavy (non-hydrogen) atoms. The molecule has 0 aliphatic rings. The van der Waals surface area contributed by atoms with E-state index in [1.165, 1.54) is 31.3 Å². The molecular weight excluding hydrogens is 776 g/mol. The Morgan fingerprint density at radius 3 is 1.29 bits per heavy atom. The number of hydrogen-bond donors (Lipinski definition) is 9. The molecule has 0 radical (unpaired) electrons. The van der Waals surface area contributed by atoms with Gasteiger partial charge in [-0.3, -0.25) is 38.4 Å². The normalized spacial score (nSPS) is 13.3. The second-order valence-corrected chi connectivity index (χ2v) is 13.8. The highest BCUT2D eigenvalue weighted by Gasteiger charge is 2.33. The zero-order chi connectivity index (χ0) is 42.8. The maximum Gasteiger partial charge on any atom is 0.303 e. The molecule has 5 atom stereocenters. The minimum atomic E-state index is -1.49. The Kier molecular flexibility index (Phi) is 18.1. The number of benzene rings is 3. The standard InChI is InChI=1S/C40H47ClN6O11/c1-23(48)43-29(16-18-34(50)51)37(55)46-33(22-26-10-14-28(49)15-11-26)40(58)47-32(20-24-6-4-3-5-7-24)39(57)44-30(17-19-35(52)53)38(56)45-31(36(54)42-2)21-25-8-12-27(41)13-9-25/h3-15,29-33,49H,16-22H2,1-2H3,(H,42,54)(H,43,48)(H,44,57)(H,45,56)(H,46,55)(H,47,58)(H,50,51)(H,52,53)/t29-,30-,31-,32-,33-/m0/s1. The van der Waals surface area contributed by atoms with Gasteiger partial charge in [-0.15, -0.1) is 0 Å². The molecule has 6 amide bonds. The predicted octanol–water partition coefficient (Wildman–Crippen LogP) is 0.993. The van der Waals surface area contributed by atoms with E-state index in [0.29, 0.717) is 21.7 Å². The van der Waals surface area contributed by atoms with Crippen molar-refractivity contribution in [3.05, 3.63) is 101 Å². The molecule has 3 rings (SSSR count). The lowest BCUT2D eigenvalue weighted by Crippen LogP contribution is -2.60. The smallest absolute Gasteiger partial charge is 0.303 e. The van der Waals surface area contributed by atoms with Crippen molar-refractivity contribution in [1.82, 2.24) is 31.9 Å². The summed E-state index contributed by atoms with van der Waals surface area (Å²) >= 11 is 5.99. The Balaban J connectivity index is 1.94. The van der Waals surface area contributed by atoms with Crippen LogP contribution in [0, 0.1) is 0 Å². The number of aliphatic carboxylic acids is 2. The van der Waals surface area contributed by atoms with Crippen LogP contribution in [0.25, 0.3) is 0 Å². The van der Waals surface area contributed by atoms with E-state index in [0.717, 1.165) is 6.92 Å². The van der Waals surface area contributed by atoms with Crippen LogP contribution in [0.15, 0.2) is 78.9 Å². The number of aromatic hydroxyl groups is 1. The minimum absolute atomic E-state index is 0.0299. The fourth-order valence-corrected chi connectivity index (χ4v) is 5.91. The summed E-state index contributed by atoms with van der Waals surface area (Å²) in [6.45, 7) is 1.14. The molecule has 0 aliphatic carbocycles. The first-order valence-electron chi connectivity index (χ1n) is 18.2. The monoisotopic (exact) mass is 822 g/mol. The molecule has 0 heterocycles. The van der Waals surface area contributed by atoms with Crippen LogP contribution in [0.2, 0.25) is 5.02 Å². The number of carbonyl (C=O) groups is 8. The molecule has 0 bridgehead atoms. The number of likely N-dealkylation sites (N-methyl/N-ethyl adjacent to an activating group) is 1. The van der Waals surface area contributed by atoms with Crippen LogP contribution in [0.1, 0.15) is 49.3 Å². The van der Waals surface area contributed by atoms with E-state index in [2.05, 4.69) is 31.9 Å². The van der Waals surface area contributed by atoms with E-state index in [9.17, 15) is 53.7 Å². The molecule has 0 spiro atoms. The van der Waals surface area contributed by atoms with Crippen molar-refractivity contribution in [3.63, 3.8) is 0 Å². The van der Waals surface area contributed by atoms with Crippen molar-refractivity contribution < 1.29 is 53.7 Å². The number of nitrogens with one attached hydrogen (secondary N) is 6. The van der Waals surface area contributed by atoms with Crippen molar-refractivity contribution in [1.29, 1.82) is 0 Å². The van der Waals surface area contributed by atoms with Gasteiger partial charge in [0.25, 0.3) is 0 Å². The van der Waals surface area contributed by atoms with Crippen LogP contribution in [0.4, 0.5) is 0 Å². The Morgan fingerprint density at radius 2 is 0.879 bits per heavy atom. The molecule has 0 aliphatic heterocycles. The first-order chi connectivity index (χ1) is 27.5. The van der Waals surface area contributed by atoms with Crippen LogP contribution >= 0.6 is 11.6 Å². The quantitative estimate of drug-likeness (QED) is 0.0690. The summed E-state index contributed by atoms with van der Waals surface area (Å²) in [5.41, 5.74) is 1.70. The molecule has 0 unspecified atom stereocenters. The van der Waals surface area contributed by atoms with Crippen molar-refractivity contribution in [2.75, 3.05) is 7.05 Å². The van der Waals surface area contributed by atoms with Crippen molar-refractivity contribution >= 4 is 59.0 Å². The second-order valence-electron chi connectivity index (χ2n) is 13.4. The topological polar surface area (TPSA) is 269 Å². The molecule has 0 saturated heterocycles. The van der Waals surface area contributed by atoms with Crippen molar-refractivity contribution in [2.24, 2.45) is 0 Å². The van der Waals surface area contributed by atoms with Crippen molar-refractivity contribution in [2.45, 2.75) is 82.1 Å². The lowest BCUT2D eigenvalue weighted by molar-refractivity contribution is -0.139. The summed E-state index contributed by atoms with van der Waals surface area (Å²) in [7, 11) is 1.37. The number of carbonyl (C=O) groups excluding carboxylic acids is 6. The number of carboxylic acids is 2. The van der Waals surface area contributed by atoms with E-state index in [-0.39, 0.29) is 37.9 Å². The number of carboxylic acid groups (broad SMARTS) is 2. The summed E-state index contributed by atoms with van der Waals surface area (Å²) < 4.78 is 0. The third-order valence-electron chi connectivity index (χ3n) is 8.78. The average Bonchev–Trinajstić information content (AvgIpc) is 3.18. The highest BCUT2D eigenvalue weighted by atomic mass is 35.5. The summed E-state index contributed by atoms with van der Waals surface area (Å²) in [5, 5.41) is 44.1. The van der Waals surface area contributed by atoms with Gasteiger partial charge in [-0.25, -0.2) is 0 Å². The first-order valence-corrected chi connectivity index (χ1v) is 18.6. The minimum Gasteiger partial charge on any atom is -0.508 e. The number of phenolic OH excluding ortho intramolecular Hbond substituents is 1. The summed E-state index contributed by atoms with van der Waals surface area (Å²) in [5.74, 6) is -7.28. The predicted molar refractivity (Wildman–Crippen MR) is 210 cm³/mol. The highest BCUT2D eigenvalue weighted by molar-refractivity contribution is 6.30. The maximum absolute atomic E-state index is 14.1. The third kappa shape index (κ3) is 15.9. The van der Waals surface area contributed by atoms with Gasteiger partial charge in [-0.1, -0.05) is 66.2 Å². The highest BCUT2D eigenvalue weighted by Crippen LogP contribution is 2.14. The van der Waals surface area contributed by atoms with Gasteiger partial charge in [0.15, 0.2) is 0 Å². The average molecular weight is 823 g/mol. The van der Waals surface area contributed by atoms with Crippen LogP contribution in [-0.4, -0.2) is 100.0 Å². The van der Waals surface area contributed by atoms with Gasteiger partial charge < -0.3 is 47.2 Å². The van der Waals surface area contributed by atoms with Crippen LogP contribution in [0.3, 0.4) is 0 Å². The fraction of sp³-hybridized carbons (Fsp3) is 0.350. The largest absolute Gasteiger partial charge is 0.508 e. The van der Waals surface area contributed by atoms with E-state index < -0.39 is 90.4 Å². The molecule has 0 saturated carbocycles. The summed E-state index contributed by atoms with van der Waals surface area (Å²) in [6, 6.07) is 13.9. The van der Waals surface area contributed by atoms with E-state index in [1.54, 1.807) is 54.6 Å². The summed E-state index contributed by atoms with van der Waals surface area (Å²) in [6.07, 6.45) is -1.99. The number of hydrogen-bond acceptors (Lipinski definition) is 9. The Morgan fingerprint density at radius 1 is 0.517 bits per heavy atom. The van der Waals surface area contributed by atoms with Crippen molar-refractivity contribution in [3.8, 4) is 5.75 Å². The van der Waals surface area contributed by atoms with Gasteiger partial charge >= 0.3 is 11.9 Å². The summed E-state index contributed by atoms with van der Waals surface area (Å²) in [4.78, 5) is 103. The van der Waals surface area contributed by atoms with E-state index in [4.69, 9.17) is 11.6 Å². The number of rotatable bonds is 22. The Labute approximate surface area is 339 Å². The Bertz CT molecular complexity index is 1910. The number of phenols is 1. The van der Waals surface area contributed by atoms with Gasteiger partial charge in [-0.05, 0) is 53.8 Å². The molecule has 3 aromatic carbocycles. The SMILES string of the molecule is CNC(=O)[C@H](Cc1ccc(Cl)cc1)NC(=O)[C@H](CCC(=O)O)NC(=O)[C@H](Cc1ccccc1)NC(=O)[C@H](Cc1ccc(O)cc1)NC(=O)[C@H](CCC(=O)O)NC(C)=O. The molecule has 18 heteroatoms. The third-order valence-corrected chi connectivity index (χ3v) is 9.03. The molecule has 17 nitrogen and oxygen atoms in total.